The number of ether oxygens (including phenoxy) is 1. The van der Waals surface area contributed by atoms with Gasteiger partial charge in [0.25, 0.3) is 0 Å². The van der Waals surface area contributed by atoms with Crippen LogP contribution in [0.15, 0.2) is 24.3 Å². The molecule has 3 rings (SSSR count). The van der Waals surface area contributed by atoms with Crippen molar-refractivity contribution in [1.29, 1.82) is 0 Å². The third-order valence-corrected chi connectivity index (χ3v) is 5.31. The van der Waals surface area contributed by atoms with Crippen molar-refractivity contribution in [2.24, 2.45) is 11.8 Å². The largest absolute Gasteiger partial charge is 0.396 e. The van der Waals surface area contributed by atoms with Gasteiger partial charge in [-0.2, -0.15) is 0 Å². The SMILES string of the molecule is CC(CO)C(CN(C)C)C1(C)OCCc2c1[nH]c1ccccc21. The van der Waals surface area contributed by atoms with Crippen molar-refractivity contribution >= 4 is 10.9 Å². The van der Waals surface area contributed by atoms with E-state index in [0.717, 1.165) is 19.6 Å². The number of hydrogen-bond acceptors (Lipinski definition) is 3. The van der Waals surface area contributed by atoms with E-state index in [-0.39, 0.29) is 18.4 Å². The molecule has 2 aromatic rings. The van der Waals surface area contributed by atoms with Crippen LogP contribution in [0.2, 0.25) is 0 Å². The second-order valence-corrected chi connectivity index (χ2v) is 7.26. The summed E-state index contributed by atoms with van der Waals surface area (Å²) in [6.45, 7) is 6.08. The third-order valence-electron chi connectivity index (χ3n) is 5.31. The number of fused-ring (bicyclic) bond motifs is 3. The Hall–Kier alpha value is -1.36. The van der Waals surface area contributed by atoms with E-state index in [4.69, 9.17) is 4.74 Å². The fourth-order valence-electron chi connectivity index (χ4n) is 4.03. The summed E-state index contributed by atoms with van der Waals surface area (Å²) < 4.78 is 6.34. The molecule has 1 aromatic carbocycles. The van der Waals surface area contributed by atoms with Gasteiger partial charge in [0.05, 0.1) is 12.3 Å². The van der Waals surface area contributed by atoms with E-state index < -0.39 is 5.60 Å². The van der Waals surface area contributed by atoms with Gasteiger partial charge < -0.3 is 19.7 Å². The van der Waals surface area contributed by atoms with Crippen LogP contribution in [0.25, 0.3) is 10.9 Å². The van der Waals surface area contributed by atoms with Crippen LogP contribution in [0.5, 0.6) is 0 Å². The highest BCUT2D eigenvalue weighted by atomic mass is 16.5. The van der Waals surface area contributed by atoms with Gasteiger partial charge in [0, 0.05) is 30.0 Å². The van der Waals surface area contributed by atoms with Crippen molar-refractivity contribution in [1.82, 2.24) is 9.88 Å². The molecule has 4 heteroatoms. The number of benzene rings is 1. The van der Waals surface area contributed by atoms with Crippen LogP contribution in [-0.4, -0.2) is 48.8 Å². The Kier molecular flexibility index (Phi) is 4.50. The Balaban J connectivity index is 2.11. The molecule has 0 amide bonds. The van der Waals surface area contributed by atoms with E-state index in [1.54, 1.807) is 0 Å². The standard InChI is InChI=1S/C19H28N2O2/c1-13(12-22)16(11-21(3)4)19(2)18-15(9-10-23-19)14-7-5-6-8-17(14)20-18/h5-8,13,16,20,22H,9-12H2,1-4H3. The maximum Gasteiger partial charge on any atom is 0.110 e. The van der Waals surface area contributed by atoms with E-state index in [0.29, 0.717) is 0 Å². The van der Waals surface area contributed by atoms with Crippen molar-refractivity contribution in [3.05, 3.63) is 35.5 Å². The minimum absolute atomic E-state index is 0.166. The molecular formula is C19H28N2O2. The van der Waals surface area contributed by atoms with E-state index in [1.807, 2.05) is 0 Å². The Morgan fingerprint density at radius 3 is 2.78 bits per heavy atom. The van der Waals surface area contributed by atoms with Crippen LogP contribution >= 0.6 is 0 Å². The van der Waals surface area contributed by atoms with Gasteiger partial charge in [-0.05, 0) is 45.0 Å². The van der Waals surface area contributed by atoms with Gasteiger partial charge in [0.1, 0.15) is 5.60 Å². The first-order valence-corrected chi connectivity index (χ1v) is 8.47. The summed E-state index contributed by atoms with van der Waals surface area (Å²) in [7, 11) is 4.16. The Labute approximate surface area is 138 Å². The van der Waals surface area contributed by atoms with Crippen LogP contribution < -0.4 is 0 Å². The van der Waals surface area contributed by atoms with Crippen molar-refractivity contribution in [3.63, 3.8) is 0 Å². The Morgan fingerprint density at radius 1 is 1.35 bits per heavy atom. The first-order valence-electron chi connectivity index (χ1n) is 8.47. The zero-order valence-corrected chi connectivity index (χ0v) is 14.6. The first kappa shape index (κ1) is 16.5. The van der Waals surface area contributed by atoms with Crippen molar-refractivity contribution in [2.75, 3.05) is 33.9 Å². The molecule has 126 valence electrons. The highest BCUT2D eigenvalue weighted by Gasteiger charge is 2.44. The van der Waals surface area contributed by atoms with Crippen LogP contribution in [0, 0.1) is 11.8 Å². The van der Waals surface area contributed by atoms with Crippen LogP contribution in [-0.2, 0) is 16.8 Å². The maximum absolute atomic E-state index is 9.77. The summed E-state index contributed by atoms with van der Waals surface area (Å²) in [6.07, 6.45) is 0.942. The average molecular weight is 316 g/mol. The number of nitrogens with zero attached hydrogens (tertiary/aromatic N) is 1. The second kappa shape index (κ2) is 6.27. The number of H-pyrrole nitrogens is 1. The van der Waals surface area contributed by atoms with Gasteiger partial charge in [0.15, 0.2) is 0 Å². The predicted molar refractivity (Wildman–Crippen MR) is 93.6 cm³/mol. The third kappa shape index (κ3) is 2.80. The summed E-state index contributed by atoms with van der Waals surface area (Å²) in [5.74, 6) is 0.384. The van der Waals surface area contributed by atoms with Crippen LogP contribution in [0.1, 0.15) is 25.1 Å². The summed E-state index contributed by atoms with van der Waals surface area (Å²) in [4.78, 5) is 5.80. The van der Waals surface area contributed by atoms with E-state index in [1.165, 1.54) is 22.2 Å². The minimum atomic E-state index is -0.404. The molecule has 1 aliphatic rings. The van der Waals surface area contributed by atoms with Crippen LogP contribution in [0.4, 0.5) is 0 Å². The minimum Gasteiger partial charge on any atom is -0.396 e. The molecule has 0 saturated heterocycles. The summed E-state index contributed by atoms with van der Waals surface area (Å²) in [5, 5.41) is 11.1. The molecule has 3 atom stereocenters. The molecule has 0 spiro atoms. The lowest BCUT2D eigenvalue weighted by molar-refractivity contribution is -0.115. The number of para-hydroxylation sites is 1. The van der Waals surface area contributed by atoms with E-state index >= 15 is 0 Å². The molecule has 0 bridgehead atoms. The lowest BCUT2D eigenvalue weighted by Crippen LogP contribution is -2.47. The fraction of sp³-hybridized carbons (Fsp3) is 0.579. The molecule has 0 aliphatic carbocycles. The lowest BCUT2D eigenvalue weighted by Gasteiger charge is -2.44. The number of nitrogens with one attached hydrogen (secondary N) is 1. The Morgan fingerprint density at radius 2 is 2.09 bits per heavy atom. The molecule has 3 unspecified atom stereocenters. The molecular weight excluding hydrogens is 288 g/mol. The molecule has 1 aliphatic heterocycles. The Bertz CT molecular complexity index is 679. The maximum atomic E-state index is 9.77. The quantitative estimate of drug-likeness (QED) is 0.892. The zero-order valence-electron chi connectivity index (χ0n) is 14.6. The van der Waals surface area contributed by atoms with Gasteiger partial charge in [0.2, 0.25) is 0 Å². The molecule has 2 heterocycles. The number of hydrogen-bond donors (Lipinski definition) is 2. The van der Waals surface area contributed by atoms with Crippen LogP contribution in [0.3, 0.4) is 0 Å². The fourth-order valence-corrected chi connectivity index (χ4v) is 4.03. The smallest absolute Gasteiger partial charge is 0.110 e. The topological polar surface area (TPSA) is 48.5 Å². The summed E-state index contributed by atoms with van der Waals surface area (Å²) in [6, 6.07) is 8.48. The molecule has 23 heavy (non-hydrogen) atoms. The number of aromatic amines is 1. The highest BCUT2D eigenvalue weighted by molar-refractivity contribution is 5.85. The molecule has 1 aromatic heterocycles. The molecule has 0 radical (unpaired) electrons. The number of aromatic nitrogens is 1. The highest BCUT2D eigenvalue weighted by Crippen LogP contribution is 2.44. The van der Waals surface area contributed by atoms with Crippen molar-refractivity contribution in [3.8, 4) is 0 Å². The lowest BCUT2D eigenvalue weighted by atomic mass is 9.75. The van der Waals surface area contributed by atoms with Gasteiger partial charge in [-0.3, -0.25) is 0 Å². The molecule has 0 saturated carbocycles. The average Bonchev–Trinajstić information content (AvgIpc) is 2.92. The van der Waals surface area contributed by atoms with Crippen molar-refractivity contribution < 1.29 is 9.84 Å². The number of aliphatic hydroxyl groups is 1. The van der Waals surface area contributed by atoms with Gasteiger partial charge in [-0.15, -0.1) is 0 Å². The zero-order chi connectivity index (χ0) is 16.6. The normalized spacial score (nSPS) is 23.9. The molecule has 2 N–H and O–H groups in total. The summed E-state index contributed by atoms with van der Waals surface area (Å²) in [5.41, 5.74) is 3.34. The molecule has 4 nitrogen and oxygen atoms in total. The number of aliphatic hydroxyl groups excluding tert-OH is 1. The van der Waals surface area contributed by atoms with Gasteiger partial charge in [-0.1, -0.05) is 25.1 Å². The van der Waals surface area contributed by atoms with Gasteiger partial charge in [-0.25, -0.2) is 0 Å². The second-order valence-electron chi connectivity index (χ2n) is 7.26. The first-order chi connectivity index (χ1) is 11.0. The van der Waals surface area contributed by atoms with Crippen molar-refractivity contribution in [2.45, 2.75) is 25.9 Å². The van der Waals surface area contributed by atoms with E-state index in [9.17, 15) is 5.11 Å². The molecule has 0 fully saturated rings. The van der Waals surface area contributed by atoms with Gasteiger partial charge >= 0.3 is 0 Å². The van der Waals surface area contributed by atoms with E-state index in [2.05, 4.69) is 62.1 Å². The predicted octanol–water partition coefficient (Wildman–Crippen LogP) is 2.76. The monoisotopic (exact) mass is 316 g/mol. The summed E-state index contributed by atoms with van der Waals surface area (Å²) >= 11 is 0. The number of rotatable bonds is 5.